The Morgan fingerprint density at radius 3 is 2.62 bits per heavy atom. The molecule has 0 spiro atoms. The summed E-state index contributed by atoms with van der Waals surface area (Å²) in [5.74, 6) is 1.57. The van der Waals surface area contributed by atoms with E-state index < -0.39 is 0 Å². The van der Waals surface area contributed by atoms with Gasteiger partial charge < -0.3 is 14.4 Å². The number of likely N-dealkylation sites (N-methyl/N-ethyl adjacent to an activating group) is 1. The zero-order valence-corrected chi connectivity index (χ0v) is 14.9. The van der Waals surface area contributed by atoms with E-state index in [0.29, 0.717) is 38.1 Å². The van der Waals surface area contributed by atoms with Crippen molar-refractivity contribution in [2.24, 2.45) is 0 Å². The largest absolute Gasteiger partial charge is 0.486 e. The van der Waals surface area contributed by atoms with E-state index in [2.05, 4.69) is 6.07 Å². The van der Waals surface area contributed by atoms with Crippen LogP contribution in [0.2, 0.25) is 0 Å². The quantitative estimate of drug-likeness (QED) is 0.803. The number of amides is 1. The van der Waals surface area contributed by atoms with E-state index in [9.17, 15) is 4.79 Å². The number of carbonyl (C=O) groups is 1. The third-order valence-corrected chi connectivity index (χ3v) is 4.44. The molecule has 1 aliphatic heterocycles. The summed E-state index contributed by atoms with van der Waals surface area (Å²) in [6, 6.07) is 17.0. The molecule has 1 atom stereocenters. The predicted molar refractivity (Wildman–Crippen MR) is 98.1 cm³/mol. The molecule has 3 rings (SSSR count). The molecule has 1 heterocycles. The van der Waals surface area contributed by atoms with E-state index in [-0.39, 0.29) is 12.0 Å². The molecule has 0 bridgehead atoms. The molecule has 1 aliphatic rings. The second-order valence-corrected chi connectivity index (χ2v) is 6.24. The Morgan fingerprint density at radius 1 is 1.19 bits per heavy atom. The SMILES string of the molecule is CCN(CC1COc2ccccc2O1)C(=O)CCc1ccc(C#N)cc1. The van der Waals surface area contributed by atoms with Crippen LogP contribution in [0.15, 0.2) is 48.5 Å². The maximum absolute atomic E-state index is 12.6. The lowest BCUT2D eigenvalue weighted by Crippen LogP contribution is -2.43. The molecule has 1 amide bonds. The molecule has 2 aromatic carbocycles. The first-order chi connectivity index (χ1) is 12.7. The van der Waals surface area contributed by atoms with Crippen LogP contribution < -0.4 is 9.47 Å². The van der Waals surface area contributed by atoms with E-state index in [1.165, 1.54) is 0 Å². The van der Waals surface area contributed by atoms with Crippen LogP contribution in [0.5, 0.6) is 11.5 Å². The number of rotatable bonds is 6. The van der Waals surface area contributed by atoms with Crippen molar-refractivity contribution in [2.45, 2.75) is 25.9 Å². The Bertz CT molecular complexity index is 796. The number of benzene rings is 2. The molecule has 134 valence electrons. The molecular weight excluding hydrogens is 328 g/mol. The lowest BCUT2D eigenvalue weighted by atomic mass is 10.1. The van der Waals surface area contributed by atoms with Crippen molar-refractivity contribution in [3.05, 3.63) is 59.7 Å². The highest BCUT2D eigenvalue weighted by atomic mass is 16.6. The molecule has 2 aromatic rings. The number of carbonyl (C=O) groups excluding carboxylic acids is 1. The fourth-order valence-electron chi connectivity index (χ4n) is 2.96. The zero-order chi connectivity index (χ0) is 18.4. The van der Waals surface area contributed by atoms with Gasteiger partial charge in [0, 0.05) is 13.0 Å². The van der Waals surface area contributed by atoms with Crippen molar-refractivity contribution in [1.29, 1.82) is 5.26 Å². The Morgan fingerprint density at radius 2 is 1.92 bits per heavy atom. The van der Waals surface area contributed by atoms with Gasteiger partial charge in [-0.15, -0.1) is 0 Å². The van der Waals surface area contributed by atoms with Crippen LogP contribution in [0.25, 0.3) is 0 Å². The number of para-hydroxylation sites is 2. The fraction of sp³-hybridized carbons (Fsp3) is 0.333. The van der Waals surface area contributed by atoms with Crippen LogP contribution in [0.1, 0.15) is 24.5 Å². The molecular formula is C21H22N2O3. The van der Waals surface area contributed by atoms with Crippen molar-refractivity contribution >= 4 is 5.91 Å². The number of nitrogens with zero attached hydrogens (tertiary/aromatic N) is 2. The summed E-state index contributed by atoms with van der Waals surface area (Å²) in [5, 5.41) is 8.84. The highest BCUT2D eigenvalue weighted by molar-refractivity contribution is 5.76. The monoisotopic (exact) mass is 350 g/mol. The molecule has 0 aromatic heterocycles. The highest BCUT2D eigenvalue weighted by Crippen LogP contribution is 2.31. The Balaban J connectivity index is 1.53. The minimum atomic E-state index is -0.163. The first kappa shape index (κ1) is 17.8. The summed E-state index contributed by atoms with van der Waals surface area (Å²) in [5.41, 5.74) is 1.68. The van der Waals surface area contributed by atoms with Crippen LogP contribution >= 0.6 is 0 Å². The smallest absolute Gasteiger partial charge is 0.223 e. The molecule has 5 heteroatoms. The van der Waals surface area contributed by atoms with Crippen molar-refractivity contribution in [2.75, 3.05) is 19.7 Å². The maximum atomic E-state index is 12.6. The average Bonchev–Trinajstić information content (AvgIpc) is 2.70. The third kappa shape index (κ3) is 4.34. The predicted octanol–water partition coefficient (Wildman–Crippen LogP) is 3.18. The summed E-state index contributed by atoms with van der Waals surface area (Å²) in [6.07, 6.45) is 0.930. The first-order valence-electron chi connectivity index (χ1n) is 8.85. The lowest BCUT2D eigenvalue weighted by Gasteiger charge is -2.31. The van der Waals surface area contributed by atoms with Gasteiger partial charge in [0.05, 0.1) is 18.2 Å². The molecule has 0 saturated carbocycles. The van der Waals surface area contributed by atoms with Gasteiger partial charge in [0.2, 0.25) is 5.91 Å². The van der Waals surface area contributed by atoms with Gasteiger partial charge in [0.15, 0.2) is 17.6 Å². The van der Waals surface area contributed by atoms with E-state index >= 15 is 0 Å². The molecule has 1 unspecified atom stereocenters. The summed E-state index contributed by atoms with van der Waals surface area (Å²) >= 11 is 0. The summed E-state index contributed by atoms with van der Waals surface area (Å²) < 4.78 is 11.7. The van der Waals surface area contributed by atoms with E-state index in [1.54, 1.807) is 12.1 Å². The van der Waals surface area contributed by atoms with Gasteiger partial charge in [-0.25, -0.2) is 0 Å². The maximum Gasteiger partial charge on any atom is 0.223 e. The molecule has 0 N–H and O–H groups in total. The lowest BCUT2D eigenvalue weighted by molar-refractivity contribution is -0.132. The van der Waals surface area contributed by atoms with Gasteiger partial charge in [-0.1, -0.05) is 24.3 Å². The van der Waals surface area contributed by atoms with E-state index in [4.69, 9.17) is 14.7 Å². The summed E-state index contributed by atoms with van der Waals surface area (Å²) in [6.45, 7) is 3.55. The van der Waals surface area contributed by atoms with Gasteiger partial charge in [-0.05, 0) is 43.2 Å². The minimum Gasteiger partial charge on any atom is -0.486 e. The van der Waals surface area contributed by atoms with Crippen molar-refractivity contribution < 1.29 is 14.3 Å². The van der Waals surface area contributed by atoms with E-state index in [1.807, 2.05) is 48.2 Å². The zero-order valence-electron chi connectivity index (χ0n) is 14.9. The molecule has 0 radical (unpaired) electrons. The fourth-order valence-corrected chi connectivity index (χ4v) is 2.96. The number of aryl methyl sites for hydroxylation is 1. The highest BCUT2D eigenvalue weighted by Gasteiger charge is 2.24. The Kier molecular flexibility index (Phi) is 5.75. The van der Waals surface area contributed by atoms with Gasteiger partial charge in [0.1, 0.15) is 6.61 Å². The van der Waals surface area contributed by atoms with Gasteiger partial charge in [-0.2, -0.15) is 5.26 Å². The normalized spacial score (nSPS) is 15.2. The van der Waals surface area contributed by atoms with Crippen LogP contribution in [0.3, 0.4) is 0 Å². The van der Waals surface area contributed by atoms with Crippen LogP contribution in [0.4, 0.5) is 0 Å². The first-order valence-corrected chi connectivity index (χ1v) is 8.85. The molecule has 0 saturated heterocycles. The van der Waals surface area contributed by atoms with Gasteiger partial charge in [-0.3, -0.25) is 4.79 Å². The Hall–Kier alpha value is -3.00. The standard InChI is InChI=1S/C21H22N2O3/c1-2-23(14-18-15-25-19-5-3-4-6-20(19)26-18)21(24)12-11-16-7-9-17(13-22)10-8-16/h3-10,18H,2,11-12,14-15H2,1H3. The van der Waals surface area contributed by atoms with Crippen LogP contribution in [0, 0.1) is 11.3 Å². The Labute approximate surface area is 153 Å². The number of hydrogen-bond acceptors (Lipinski definition) is 4. The summed E-state index contributed by atoms with van der Waals surface area (Å²) in [4.78, 5) is 14.4. The topological polar surface area (TPSA) is 62.6 Å². The minimum absolute atomic E-state index is 0.0966. The summed E-state index contributed by atoms with van der Waals surface area (Å²) in [7, 11) is 0. The number of ether oxygens (including phenoxy) is 2. The van der Waals surface area contributed by atoms with E-state index in [0.717, 1.165) is 17.1 Å². The second-order valence-electron chi connectivity index (χ2n) is 6.24. The van der Waals surface area contributed by atoms with Gasteiger partial charge in [0.25, 0.3) is 0 Å². The number of fused-ring (bicyclic) bond motifs is 1. The molecule has 26 heavy (non-hydrogen) atoms. The average molecular weight is 350 g/mol. The molecule has 0 fully saturated rings. The molecule has 5 nitrogen and oxygen atoms in total. The second kappa shape index (κ2) is 8.39. The molecule has 0 aliphatic carbocycles. The van der Waals surface area contributed by atoms with Crippen molar-refractivity contribution in [3.8, 4) is 17.6 Å². The van der Waals surface area contributed by atoms with Crippen molar-refractivity contribution in [3.63, 3.8) is 0 Å². The van der Waals surface area contributed by atoms with Gasteiger partial charge >= 0.3 is 0 Å². The van der Waals surface area contributed by atoms with Crippen molar-refractivity contribution in [1.82, 2.24) is 4.90 Å². The third-order valence-electron chi connectivity index (χ3n) is 4.44. The number of nitriles is 1. The number of hydrogen-bond donors (Lipinski definition) is 0. The van der Waals surface area contributed by atoms with Crippen LogP contribution in [-0.2, 0) is 11.2 Å². The van der Waals surface area contributed by atoms with Crippen LogP contribution in [-0.4, -0.2) is 36.6 Å².